The van der Waals surface area contributed by atoms with Crippen LogP contribution < -0.4 is 0 Å². The number of rotatable bonds is 5. The molecule has 4 aromatic heterocycles. The van der Waals surface area contributed by atoms with Crippen LogP contribution in [0.1, 0.15) is 0 Å². The monoisotopic (exact) mass is 692 g/mol. The van der Waals surface area contributed by atoms with E-state index in [1.165, 1.54) is 0 Å². The molecule has 11 rings (SSSR count). The van der Waals surface area contributed by atoms with E-state index in [2.05, 4.69) is 72.8 Å². The number of para-hydroxylation sites is 4. The normalized spacial score (nSPS) is 11.7. The van der Waals surface area contributed by atoms with Gasteiger partial charge in [0.25, 0.3) is 0 Å². The Balaban J connectivity index is 1.03. The van der Waals surface area contributed by atoms with Crippen LogP contribution in [0.3, 0.4) is 0 Å². The van der Waals surface area contributed by atoms with Gasteiger partial charge in [-0.2, -0.15) is 0 Å². The molecule has 0 radical (unpaired) electrons. The van der Waals surface area contributed by atoms with Crippen LogP contribution in [0.5, 0.6) is 0 Å². The highest BCUT2D eigenvalue weighted by Crippen LogP contribution is 2.38. The van der Waals surface area contributed by atoms with Crippen molar-refractivity contribution < 1.29 is 8.83 Å². The molecule has 0 saturated heterocycles. The van der Waals surface area contributed by atoms with Crippen LogP contribution in [0, 0.1) is 0 Å². The summed E-state index contributed by atoms with van der Waals surface area (Å²) in [5.74, 6) is 0.654. The summed E-state index contributed by atoms with van der Waals surface area (Å²) in [7, 11) is 0. The second kappa shape index (κ2) is 12.1. The molecule has 0 aliphatic carbocycles. The molecule has 6 heteroatoms. The van der Waals surface area contributed by atoms with Crippen molar-refractivity contribution in [2.45, 2.75) is 0 Å². The minimum atomic E-state index is 0.654. The summed E-state index contributed by atoms with van der Waals surface area (Å²) < 4.78 is 12.4. The summed E-state index contributed by atoms with van der Waals surface area (Å²) in [6.07, 6.45) is 0. The molecule has 4 heterocycles. The van der Waals surface area contributed by atoms with E-state index in [-0.39, 0.29) is 0 Å². The molecule has 11 aromatic rings. The van der Waals surface area contributed by atoms with Crippen LogP contribution in [0.2, 0.25) is 0 Å². The highest BCUT2D eigenvalue weighted by atomic mass is 16.3. The standard InChI is InChI=1S/C48H28N4O2/c1-2-10-31(11-3-1)48-51-40(28-41(52-48)32-22-24-36-34-12-4-8-16-42(34)54-45(36)27-32)29-18-20-30(21-19-29)46-47(50-39-15-7-6-14-38(39)49-46)33-23-25-44-37(26-33)35-13-5-9-17-43(35)53-44/h1-28H. The molecule has 0 aliphatic rings. The fraction of sp³-hybridized carbons (Fsp3) is 0. The van der Waals surface area contributed by atoms with Gasteiger partial charge in [-0.15, -0.1) is 0 Å². The number of fused-ring (bicyclic) bond motifs is 7. The van der Waals surface area contributed by atoms with Crippen molar-refractivity contribution in [3.8, 4) is 56.4 Å². The maximum absolute atomic E-state index is 6.24. The average molecular weight is 693 g/mol. The van der Waals surface area contributed by atoms with E-state index in [1.54, 1.807) is 0 Å². The maximum Gasteiger partial charge on any atom is 0.160 e. The van der Waals surface area contributed by atoms with Gasteiger partial charge in [0.15, 0.2) is 5.82 Å². The topological polar surface area (TPSA) is 77.8 Å². The van der Waals surface area contributed by atoms with Gasteiger partial charge >= 0.3 is 0 Å². The number of aromatic nitrogens is 4. The highest BCUT2D eigenvalue weighted by Gasteiger charge is 2.18. The number of furan rings is 2. The molecule has 0 spiro atoms. The number of hydrogen-bond acceptors (Lipinski definition) is 6. The van der Waals surface area contributed by atoms with E-state index in [0.717, 1.165) is 106 Å². The number of hydrogen-bond donors (Lipinski definition) is 0. The Hall–Kier alpha value is -7.44. The third kappa shape index (κ3) is 5.04. The molecule has 252 valence electrons. The van der Waals surface area contributed by atoms with Crippen molar-refractivity contribution in [2.75, 3.05) is 0 Å². The van der Waals surface area contributed by atoms with Gasteiger partial charge in [-0.05, 0) is 60.7 Å². The predicted octanol–water partition coefficient (Wildman–Crippen LogP) is 12.6. The van der Waals surface area contributed by atoms with E-state index in [0.29, 0.717) is 5.82 Å². The zero-order valence-electron chi connectivity index (χ0n) is 28.8. The van der Waals surface area contributed by atoms with Gasteiger partial charge < -0.3 is 8.83 Å². The molecule has 7 aromatic carbocycles. The highest BCUT2D eigenvalue weighted by molar-refractivity contribution is 6.07. The fourth-order valence-electron chi connectivity index (χ4n) is 7.42. The Morgan fingerprint density at radius 1 is 0.296 bits per heavy atom. The Kier molecular flexibility index (Phi) is 6.75. The van der Waals surface area contributed by atoms with Crippen molar-refractivity contribution >= 4 is 54.9 Å². The first-order chi connectivity index (χ1) is 26.7. The van der Waals surface area contributed by atoms with E-state index < -0.39 is 0 Å². The van der Waals surface area contributed by atoms with Gasteiger partial charge in [0.1, 0.15) is 22.3 Å². The predicted molar refractivity (Wildman–Crippen MR) is 217 cm³/mol. The fourth-order valence-corrected chi connectivity index (χ4v) is 7.42. The van der Waals surface area contributed by atoms with Crippen molar-refractivity contribution in [2.24, 2.45) is 0 Å². The first kappa shape index (κ1) is 30.2. The van der Waals surface area contributed by atoms with Crippen LogP contribution in [0.25, 0.3) is 111 Å². The molecule has 0 unspecified atom stereocenters. The zero-order chi connectivity index (χ0) is 35.6. The number of benzene rings is 7. The molecule has 0 N–H and O–H groups in total. The second-order valence-corrected chi connectivity index (χ2v) is 13.4. The van der Waals surface area contributed by atoms with Crippen LogP contribution >= 0.6 is 0 Å². The summed E-state index contributed by atoms with van der Waals surface area (Å²) in [5, 5.41) is 4.30. The van der Waals surface area contributed by atoms with E-state index >= 15 is 0 Å². The molecule has 0 aliphatic heterocycles. The lowest BCUT2D eigenvalue weighted by atomic mass is 9.99. The summed E-state index contributed by atoms with van der Waals surface area (Å²) in [6, 6.07) is 57.4. The molecule has 0 bridgehead atoms. The third-order valence-corrected chi connectivity index (χ3v) is 10.1. The van der Waals surface area contributed by atoms with Crippen molar-refractivity contribution in [1.29, 1.82) is 0 Å². The molecular weight excluding hydrogens is 665 g/mol. The number of nitrogens with zero attached hydrogens (tertiary/aromatic N) is 4. The largest absolute Gasteiger partial charge is 0.456 e. The van der Waals surface area contributed by atoms with E-state index in [4.69, 9.17) is 28.8 Å². The molecule has 54 heavy (non-hydrogen) atoms. The zero-order valence-corrected chi connectivity index (χ0v) is 28.8. The molecule has 0 saturated carbocycles. The van der Waals surface area contributed by atoms with Crippen molar-refractivity contribution in [3.63, 3.8) is 0 Å². The van der Waals surface area contributed by atoms with E-state index in [9.17, 15) is 0 Å². The Labute approximate surface area is 309 Å². The van der Waals surface area contributed by atoms with Gasteiger partial charge in [-0.25, -0.2) is 19.9 Å². The first-order valence-electron chi connectivity index (χ1n) is 17.9. The molecule has 0 amide bonds. The summed E-state index contributed by atoms with van der Waals surface area (Å²) in [5.41, 5.74) is 13.1. The van der Waals surface area contributed by atoms with Gasteiger partial charge in [0.2, 0.25) is 0 Å². The van der Waals surface area contributed by atoms with Crippen LogP contribution in [-0.2, 0) is 0 Å². The van der Waals surface area contributed by atoms with E-state index in [1.807, 2.05) is 97.1 Å². The van der Waals surface area contributed by atoms with Crippen LogP contribution in [0.4, 0.5) is 0 Å². The first-order valence-corrected chi connectivity index (χ1v) is 17.9. The quantitative estimate of drug-likeness (QED) is 0.179. The SMILES string of the molecule is c1ccc(-c2nc(-c3ccc(-c4nc5ccccc5nc4-c4ccc5oc6ccccc6c5c4)cc3)cc(-c3ccc4c(c3)oc3ccccc34)n2)cc1. The molecule has 0 atom stereocenters. The summed E-state index contributed by atoms with van der Waals surface area (Å²) >= 11 is 0. The maximum atomic E-state index is 6.24. The molecule has 6 nitrogen and oxygen atoms in total. The van der Waals surface area contributed by atoms with Crippen molar-refractivity contribution in [3.05, 3.63) is 170 Å². The Morgan fingerprint density at radius 3 is 1.56 bits per heavy atom. The lowest BCUT2D eigenvalue weighted by Crippen LogP contribution is -1.97. The third-order valence-electron chi connectivity index (χ3n) is 10.1. The Morgan fingerprint density at radius 2 is 0.815 bits per heavy atom. The van der Waals surface area contributed by atoms with Crippen LogP contribution in [0.15, 0.2) is 179 Å². The molecule has 0 fully saturated rings. The lowest BCUT2D eigenvalue weighted by molar-refractivity contribution is 0.668. The smallest absolute Gasteiger partial charge is 0.160 e. The van der Waals surface area contributed by atoms with Crippen molar-refractivity contribution in [1.82, 2.24) is 19.9 Å². The molecular formula is C48H28N4O2. The van der Waals surface area contributed by atoms with Gasteiger partial charge in [0.05, 0.1) is 33.8 Å². The van der Waals surface area contributed by atoms with Gasteiger partial charge in [0, 0.05) is 49.4 Å². The van der Waals surface area contributed by atoms with Crippen LogP contribution in [-0.4, -0.2) is 19.9 Å². The van der Waals surface area contributed by atoms with Gasteiger partial charge in [-0.3, -0.25) is 0 Å². The average Bonchev–Trinajstić information content (AvgIpc) is 3.81. The second-order valence-electron chi connectivity index (χ2n) is 13.4. The minimum absolute atomic E-state index is 0.654. The summed E-state index contributed by atoms with van der Waals surface area (Å²) in [4.78, 5) is 20.5. The minimum Gasteiger partial charge on any atom is -0.456 e. The van der Waals surface area contributed by atoms with Gasteiger partial charge in [-0.1, -0.05) is 109 Å². The lowest BCUT2D eigenvalue weighted by Gasteiger charge is -2.12. The summed E-state index contributed by atoms with van der Waals surface area (Å²) in [6.45, 7) is 0. The Bertz CT molecular complexity index is 3220.